The van der Waals surface area contributed by atoms with E-state index in [1.54, 1.807) is 0 Å². The van der Waals surface area contributed by atoms with Gasteiger partial charge in [0.15, 0.2) is 0 Å². The van der Waals surface area contributed by atoms with Crippen molar-refractivity contribution >= 4 is 45.0 Å². The van der Waals surface area contributed by atoms with Crippen LogP contribution in [0.4, 0.5) is 0 Å². The molecule has 0 bridgehead atoms. The van der Waals surface area contributed by atoms with Crippen molar-refractivity contribution < 1.29 is 9.53 Å². The topological polar surface area (TPSA) is 66.8 Å². The van der Waals surface area contributed by atoms with Crippen LogP contribution in [0, 0.1) is 10.5 Å². The number of ether oxygens (including phenoxy) is 1. The summed E-state index contributed by atoms with van der Waals surface area (Å²) in [4.78, 5) is 31.3. The highest BCUT2D eigenvalue weighted by Crippen LogP contribution is 2.32. The van der Waals surface area contributed by atoms with Gasteiger partial charge in [0, 0.05) is 47.0 Å². The number of benzene rings is 2. The van der Waals surface area contributed by atoms with E-state index in [1.165, 1.54) is 14.7 Å². The molecule has 6 nitrogen and oxygen atoms in total. The largest absolute Gasteiger partial charge is 0.381 e. The molecule has 0 atom stereocenters. The SMILES string of the molecule is Cc1cc2c(cc1C(=O)N1Cc3cccc(I)c3C1)[nH]c(=O)c1ccc(C3CCOCC3)n12. The van der Waals surface area contributed by atoms with Gasteiger partial charge >= 0.3 is 0 Å². The number of rotatable bonds is 2. The summed E-state index contributed by atoms with van der Waals surface area (Å²) in [5, 5.41) is 0. The van der Waals surface area contributed by atoms with Crippen LogP contribution in [0.15, 0.2) is 47.3 Å². The predicted octanol–water partition coefficient (Wildman–Crippen LogP) is 4.74. The lowest BCUT2D eigenvalue weighted by molar-refractivity contribution is 0.0750. The minimum atomic E-state index is -0.133. The average molecular weight is 553 g/mol. The molecule has 0 aliphatic carbocycles. The van der Waals surface area contributed by atoms with E-state index < -0.39 is 0 Å². The molecule has 0 saturated carbocycles. The van der Waals surface area contributed by atoms with Crippen LogP contribution in [0.2, 0.25) is 0 Å². The van der Waals surface area contributed by atoms with Gasteiger partial charge in [-0.25, -0.2) is 0 Å². The zero-order valence-electron chi connectivity index (χ0n) is 18.4. The van der Waals surface area contributed by atoms with Crippen molar-refractivity contribution in [3.8, 4) is 0 Å². The average Bonchev–Trinajstić information content (AvgIpc) is 3.46. The maximum atomic E-state index is 13.5. The normalized spacial score (nSPS) is 16.6. The van der Waals surface area contributed by atoms with Gasteiger partial charge in [-0.2, -0.15) is 0 Å². The van der Waals surface area contributed by atoms with Crippen LogP contribution in [0.5, 0.6) is 0 Å². The molecule has 1 fully saturated rings. The summed E-state index contributed by atoms with van der Waals surface area (Å²) in [5.74, 6) is 0.359. The fourth-order valence-electron chi connectivity index (χ4n) is 5.30. The van der Waals surface area contributed by atoms with Crippen LogP contribution < -0.4 is 5.56 Å². The number of hydrogen-bond donors (Lipinski definition) is 1. The molecule has 4 heterocycles. The molecule has 168 valence electrons. The minimum absolute atomic E-state index is 0.000459. The van der Waals surface area contributed by atoms with Gasteiger partial charge in [-0.15, -0.1) is 0 Å². The molecule has 1 N–H and O–H groups in total. The molecule has 6 rings (SSSR count). The van der Waals surface area contributed by atoms with E-state index in [-0.39, 0.29) is 11.5 Å². The number of H-pyrrole nitrogens is 1. The number of carbonyl (C=O) groups is 1. The molecule has 7 heteroatoms. The summed E-state index contributed by atoms with van der Waals surface area (Å²) in [6, 6.07) is 14.1. The third kappa shape index (κ3) is 3.40. The Labute approximate surface area is 204 Å². The summed E-state index contributed by atoms with van der Waals surface area (Å²) < 4.78 is 8.82. The number of halogens is 1. The van der Waals surface area contributed by atoms with Gasteiger partial charge in [0.05, 0.1) is 11.0 Å². The van der Waals surface area contributed by atoms with E-state index >= 15 is 0 Å². The van der Waals surface area contributed by atoms with Crippen LogP contribution in [0.3, 0.4) is 0 Å². The number of aromatic nitrogens is 2. The molecule has 2 aromatic carbocycles. The first-order chi connectivity index (χ1) is 16.0. The number of nitrogens with zero attached hydrogens (tertiary/aromatic N) is 2. The maximum Gasteiger partial charge on any atom is 0.272 e. The third-order valence-electron chi connectivity index (χ3n) is 7.06. The van der Waals surface area contributed by atoms with E-state index in [0.29, 0.717) is 35.6 Å². The minimum Gasteiger partial charge on any atom is -0.381 e. The Morgan fingerprint density at radius 1 is 1.09 bits per heavy atom. The lowest BCUT2D eigenvalue weighted by Crippen LogP contribution is -2.26. The Hall–Kier alpha value is -2.65. The second-order valence-corrected chi connectivity index (χ2v) is 10.2. The van der Waals surface area contributed by atoms with E-state index in [1.807, 2.05) is 36.1 Å². The van der Waals surface area contributed by atoms with Crippen molar-refractivity contribution in [3.05, 3.63) is 84.3 Å². The lowest BCUT2D eigenvalue weighted by Gasteiger charge is -2.23. The standard InChI is InChI=1S/C26H24IN3O3/c1-15-11-24-21(12-18(15)26(32)29-13-17-3-2-4-20(27)19(17)14-29)28-25(31)23-6-5-22(30(23)24)16-7-9-33-10-8-16/h2-6,11-12,16H,7-10,13-14H2,1H3,(H,28,31). The molecule has 0 radical (unpaired) electrons. The maximum absolute atomic E-state index is 13.5. The van der Waals surface area contributed by atoms with Crippen LogP contribution in [0.1, 0.15) is 51.5 Å². The number of fused-ring (bicyclic) bond motifs is 4. The molecule has 1 amide bonds. The first kappa shape index (κ1) is 20.9. The van der Waals surface area contributed by atoms with Crippen LogP contribution in [0.25, 0.3) is 16.6 Å². The van der Waals surface area contributed by atoms with Gasteiger partial charge in [0.25, 0.3) is 11.5 Å². The Bertz CT molecular complexity index is 1480. The zero-order chi connectivity index (χ0) is 22.7. The first-order valence-electron chi connectivity index (χ1n) is 11.3. The number of aromatic amines is 1. The molecule has 33 heavy (non-hydrogen) atoms. The summed E-state index contributed by atoms with van der Waals surface area (Å²) in [6.45, 7) is 4.70. The van der Waals surface area contributed by atoms with Crippen molar-refractivity contribution in [1.29, 1.82) is 0 Å². The number of carbonyl (C=O) groups excluding carboxylic acids is 1. The zero-order valence-corrected chi connectivity index (χ0v) is 20.5. The van der Waals surface area contributed by atoms with Crippen molar-refractivity contribution in [1.82, 2.24) is 14.3 Å². The Morgan fingerprint density at radius 3 is 2.70 bits per heavy atom. The molecular weight excluding hydrogens is 529 g/mol. The van der Waals surface area contributed by atoms with E-state index in [0.717, 1.165) is 42.8 Å². The van der Waals surface area contributed by atoms with Gasteiger partial charge < -0.3 is 19.0 Å². The molecule has 0 unspecified atom stereocenters. The van der Waals surface area contributed by atoms with Crippen molar-refractivity contribution in [2.24, 2.45) is 0 Å². The monoisotopic (exact) mass is 553 g/mol. The Kier molecular flexibility index (Phi) is 5.06. The smallest absolute Gasteiger partial charge is 0.272 e. The van der Waals surface area contributed by atoms with Crippen molar-refractivity contribution in [2.75, 3.05) is 13.2 Å². The van der Waals surface area contributed by atoms with Crippen LogP contribution in [-0.2, 0) is 17.8 Å². The second kappa shape index (κ2) is 7.99. The molecule has 2 aliphatic rings. The first-order valence-corrected chi connectivity index (χ1v) is 12.4. The molecule has 2 aromatic heterocycles. The fourth-order valence-corrected chi connectivity index (χ4v) is 6.02. The number of aryl methyl sites for hydroxylation is 1. The van der Waals surface area contributed by atoms with E-state index in [4.69, 9.17) is 4.74 Å². The molecule has 4 aromatic rings. The molecule has 2 aliphatic heterocycles. The van der Waals surface area contributed by atoms with Gasteiger partial charge in [0.2, 0.25) is 0 Å². The summed E-state index contributed by atoms with van der Waals surface area (Å²) in [6.07, 6.45) is 1.90. The highest BCUT2D eigenvalue weighted by molar-refractivity contribution is 14.1. The van der Waals surface area contributed by atoms with E-state index in [9.17, 15) is 9.59 Å². The Morgan fingerprint density at radius 2 is 1.91 bits per heavy atom. The molecule has 1 saturated heterocycles. The number of hydrogen-bond acceptors (Lipinski definition) is 3. The van der Waals surface area contributed by atoms with Crippen LogP contribution in [-0.4, -0.2) is 33.4 Å². The summed E-state index contributed by atoms with van der Waals surface area (Å²) >= 11 is 2.34. The number of nitrogens with one attached hydrogen (secondary N) is 1. The third-order valence-corrected chi connectivity index (χ3v) is 8.07. The Balaban J connectivity index is 1.44. The molecular formula is C26H24IN3O3. The van der Waals surface area contributed by atoms with Crippen LogP contribution >= 0.6 is 22.6 Å². The van der Waals surface area contributed by atoms with Crippen molar-refractivity contribution in [3.63, 3.8) is 0 Å². The van der Waals surface area contributed by atoms with Crippen molar-refractivity contribution in [2.45, 2.75) is 38.8 Å². The second-order valence-electron chi connectivity index (χ2n) is 9.04. The van der Waals surface area contributed by atoms with Gasteiger partial charge in [0.1, 0.15) is 5.52 Å². The highest BCUT2D eigenvalue weighted by atomic mass is 127. The highest BCUT2D eigenvalue weighted by Gasteiger charge is 2.27. The summed E-state index contributed by atoms with van der Waals surface area (Å²) in [7, 11) is 0. The van der Waals surface area contributed by atoms with Gasteiger partial charge in [-0.1, -0.05) is 12.1 Å². The summed E-state index contributed by atoms with van der Waals surface area (Å²) in [5.41, 5.74) is 7.27. The van der Waals surface area contributed by atoms with Gasteiger partial charge in [-0.3, -0.25) is 9.59 Å². The van der Waals surface area contributed by atoms with E-state index in [2.05, 4.69) is 50.2 Å². The predicted molar refractivity (Wildman–Crippen MR) is 136 cm³/mol. The number of amides is 1. The van der Waals surface area contributed by atoms with Gasteiger partial charge in [-0.05, 0) is 89.4 Å². The fraction of sp³-hybridized carbons (Fsp3) is 0.308. The molecule has 0 spiro atoms. The lowest BCUT2D eigenvalue weighted by atomic mass is 9.96. The quantitative estimate of drug-likeness (QED) is 0.365.